The molecule has 7 heteroatoms. The second kappa shape index (κ2) is 5.74. The number of sulfonamides is 1. The van der Waals surface area contributed by atoms with E-state index in [2.05, 4.69) is 0 Å². The quantitative estimate of drug-likeness (QED) is 0.919. The largest absolute Gasteiger partial charge is 0.477 e. The van der Waals surface area contributed by atoms with Gasteiger partial charge in [0.1, 0.15) is 9.77 Å². The van der Waals surface area contributed by atoms with Gasteiger partial charge in [-0.2, -0.15) is 4.31 Å². The van der Waals surface area contributed by atoms with E-state index in [0.717, 1.165) is 21.2 Å². The van der Waals surface area contributed by atoms with Crippen LogP contribution in [-0.4, -0.2) is 30.8 Å². The van der Waals surface area contributed by atoms with Crippen molar-refractivity contribution in [1.82, 2.24) is 4.31 Å². The number of hydrogen-bond acceptors (Lipinski definition) is 4. The first-order chi connectivity index (χ1) is 9.43. The molecule has 0 radical (unpaired) electrons. The van der Waals surface area contributed by atoms with Gasteiger partial charge in [-0.25, -0.2) is 13.2 Å². The highest BCUT2D eigenvalue weighted by molar-refractivity contribution is 7.89. The Bertz CT molecular complexity index is 707. The molecule has 20 heavy (non-hydrogen) atoms. The van der Waals surface area contributed by atoms with Crippen molar-refractivity contribution in [3.8, 4) is 0 Å². The summed E-state index contributed by atoms with van der Waals surface area (Å²) in [4.78, 5) is 10.7. The number of hydrogen-bond donors (Lipinski definition) is 1. The first-order valence-electron chi connectivity index (χ1n) is 5.74. The van der Waals surface area contributed by atoms with Crippen LogP contribution in [0.25, 0.3) is 0 Å². The molecule has 5 nitrogen and oxygen atoms in total. The maximum absolute atomic E-state index is 12.4. The van der Waals surface area contributed by atoms with E-state index in [1.165, 1.54) is 18.5 Å². The minimum atomic E-state index is -3.81. The van der Waals surface area contributed by atoms with Crippen LogP contribution < -0.4 is 0 Å². The van der Waals surface area contributed by atoms with E-state index in [0.29, 0.717) is 0 Å². The van der Waals surface area contributed by atoms with E-state index in [-0.39, 0.29) is 16.3 Å². The van der Waals surface area contributed by atoms with Crippen molar-refractivity contribution >= 4 is 27.3 Å². The predicted octanol–water partition coefficient (Wildman–Crippen LogP) is 2.27. The summed E-state index contributed by atoms with van der Waals surface area (Å²) >= 11 is 0.903. The molecule has 0 atom stereocenters. The number of nitrogens with zero attached hydrogens (tertiary/aromatic N) is 1. The molecule has 0 saturated carbocycles. The topological polar surface area (TPSA) is 74.7 Å². The smallest absolute Gasteiger partial charge is 0.347 e. The summed E-state index contributed by atoms with van der Waals surface area (Å²) in [5.41, 5.74) is 0.839. The highest BCUT2D eigenvalue weighted by Crippen LogP contribution is 2.25. The van der Waals surface area contributed by atoms with Crippen molar-refractivity contribution in [1.29, 1.82) is 0 Å². The molecule has 106 valence electrons. The summed E-state index contributed by atoms with van der Waals surface area (Å²) in [5, 5.41) is 10.5. The minimum Gasteiger partial charge on any atom is -0.477 e. The third-order valence-corrected chi connectivity index (χ3v) is 5.64. The van der Waals surface area contributed by atoms with E-state index in [1.54, 1.807) is 0 Å². The van der Waals surface area contributed by atoms with Crippen LogP contribution in [0.3, 0.4) is 0 Å². The molecular weight excluding hydrogens is 298 g/mol. The molecule has 0 bridgehead atoms. The summed E-state index contributed by atoms with van der Waals surface area (Å²) in [5.74, 6) is -1.23. The number of rotatable bonds is 5. The number of aromatic carboxylic acids is 1. The molecule has 1 heterocycles. The Balaban J connectivity index is 2.30. The summed E-state index contributed by atoms with van der Waals surface area (Å²) in [6, 6.07) is 10.5. The molecular formula is C13H13NO4S2. The van der Waals surface area contributed by atoms with Gasteiger partial charge in [0.15, 0.2) is 0 Å². The van der Waals surface area contributed by atoms with E-state index in [1.807, 2.05) is 30.3 Å². The summed E-state index contributed by atoms with van der Waals surface area (Å²) in [6.45, 7) is 0.193. The van der Waals surface area contributed by atoms with Crippen LogP contribution >= 0.6 is 11.3 Å². The van der Waals surface area contributed by atoms with Gasteiger partial charge in [0, 0.05) is 13.6 Å². The fraction of sp³-hybridized carbons (Fsp3) is 0.154. The minimum absolute atomic E-state index is 0.159. The zero-order valence-corrected chi connectivity index (χ0v) is 12.3. The van der Waals surface area contributed by atoms with Gasteiger partial charge in [-0.1, -0.05) is 30.3 Å². The maximum atomic E-state index is 12.4. The molecule has 0 aliphatic heterocycles. The van der Waals surface area contributed by atoms with Gasteiger partial charge in [-0.3, -0.25) is 0 Å². The maximum Gasteiger partial charge on any atom is 0.347 e. The van der Waals surface area contributed by atoms with E-state index in [9.17, 15) is 13.2 Å². The summed E-state index contributed by atoms with van der Waals surface area (Å²) < 4.78 is 25.9. The highest BCUT2D eigenvalue weighted by atomic mass is 32.2. The molecule has 1 aromatic heterocycles. The van der Waals surface area contributed by atoms with Crippen molar-refractivity contribution in [2.45, 2.75) is 11.4 Å². The standard InChI is InChI=1S/C13H13NO4S2/c1-14(9-10-5-3-2-4-6-10)20(17,18)11-7-8-19-12(11)13(15)16/h2-8H,9H2,1H3,(H,15,16). The number of benzene rings is 1. The lowest BCUT2D eigenvalue weighted by Gasteiger charge is -2.17. The normalized spacial score (nSPS) is 11.7. The molecule has 0 unspecified atom stereocenters. The predicted molar refractivity (Wildman–Crippen MR) is 76.4 cm³/mol. The van der Waals surface area contributed by atoms with Crippen molar-refractivity contribution < 1.29 is 18.3 Å². The van der Waals surface area contributed by atoms with Crippen molar-refractivity contribution in [3.63, 3.8) is 0 Å². The summed E-state index contributed by atoms with van der Waals surface area (Å²) in [6.07, 6.45) is 0. The van der Waals surface area contributed by atoms with Gasteiger partial charge in [0.2, 0.25) is 10.0 Å². The third kappa shape index (κ3) is 2.90. The average Bonchev–Trinajstić information content (AvgIpc) is 2.89. The molecule has 0 aliphatic carbocycles. The van der Waals surface area contributed by atoms with Crippen LogP contribution in [0.2, 0.25) is 0 Å². The Morgan fingerprint density at radius 2 is 1.90 bits per heavy atom. The first kappa shape index (κ1) is 14.7. The molecule has 2 aromatic rings. The van der Waals surface area contributed by atoms with Crippen LogP contribution in [0.1, 0.15) is 15.2 Å². The summed E-state index contributed by atoms with van der Waals surface area (Å²) in [7, 11) is -2.37. The van der Waals surface area contributed by atoms with Gasteiger partial charge in [-0.05, 0) is 17.0 Å². The highest BCUT2D eigenvalue weighted by Gasteiger charge is 2.27. The number of thiophene rings is 1. The number of carboxylic acids is 1. The fourth-order valence-corrected chi connectivity index (χ4v) is 4.14. The average molecular weight is 311 g/mol. The molecule has 0 fully saturated rings. The van der Waals surface area contributed by atoms with E-state index < -0.39 is 16.0 Å². The molecule has 0 amide bonds. The van der Waals surface area contributed by atoms with Gasteiger partial charge in [-0.15, -0.1) is 11.3 Å². The first-order valence-corrected chi connectivity index (χ1v) is 8.06. The SMILES string of the molecule is CN(Cc1ccccc1)S(=O)(=O)c1ccsc1C(=O)O. The Labute approximate surface area is 121 Å². The molecule has 1 aromatic carbocycles. The molecule has 0 saturated heterocycles. The molecule has 1 N–H and O–H groups in total. The van der Waals surface area contributed by atoms with Crippen LogP contribution in [0.15, 0.2) is 46.7 Å². The zero-order chi connectivity index (χ0) is 14.8. The third-order valence-electron chi connectivity index (χ3n) is 2.76. The van der Waals surface area contributed by atoms with Gasteiger partial charge in [0.25, 0.3) is 0 Å². The Morgan fingerprint density at radius 3 is 2.50 bits per heavy atom. The second-order valence-corrected chi connectivity index (χ2v) is 7.10. The van der Waals surface area contributed by atoms with Crippen molar-refractivity contribution in [3.05, 3.63) is 52.2 Å². The van der Waals surface area contributed by atoms with Crippen molar-refractivity contribution in [2.75, 3.05) is 7.05 Å². The molecule has 2 rings (SSSR count). The van der Waals surface area contributed by atoms with Crippen LogP contribution in [0, 0.1) is 0 Å². The Hall–Kier alpha value is -1.70. The van der Waals surface area contributed by atoms with Crippen molar-refractivity contribution in [2.24, 2.45) is 0 Å². The Morgan fingerprint density at radius 1 is 1.25 bits per heavy atom. The van der Waals surface area contributed by atoms with Gasteiger partial charge < -0.3 is 5.11 Å². The lowest BCUT2D eigenvalue weighted by atomic mass is 10.2. The lowest BCUT2D eigenvalue weighted by Crippen LogP contribution is -2.27. The van der Waals surface area contributed by atoms with Crippen LogP contribution in [0.5, 0.6) is 0 Å². The second-order valence-electron chi connectivity index (χ2n) is 4.17. The van der Waals surface area contributed by atoms with E-state index in [4.69, 9.17) is 5.11 Å². The van der Waals surface area contributed by atoms with Crippen LogP contribution in [-0.2, 0) is 16.6 Å². The number of carbonyl (C=O) groups is 1. The number of carboxylic acid groups (broad SMARTS) is 1. The van der Waals surface area contributed by atoms with E-state index >= 15 is 0 Å². The monoisotopic (exact) mass is 311 g/mol. The molecule has 0 spiro atoms. The van der Waals surface area contributed by atoms with Gasteiger partial charge in [0.05, 0.1) is 0 Å². The lowest BCUT2D eigenvalue weighted by molar-refractivity contribution is 0.0698. The Kier molecular flexibility index (Phi) is 4.22. The molecule has 0 aliphatic rings. The van der Waals surface area contributed by atoms with Gasteiger partial charge >= 0.3 is 5.97 Å². The fourth-order valence-electron chi connectivity index (χ4n) is 1.75. The zero-order valence-electron chi connectivity index (χ0n) is 10.7. The van der Waals surface area contributed by atoms with Crippen LogP contribution in [0.4, 0.5) is 0 Å².